The van der Waals surface area contributed by atoms with Crippen LogP contribution in [0.25, 0.3) is 54.3 Å². The molecule has 5 heteroatoms. The predicted octanol–water partition coefficient (Wildman–Crippen LogP) is 9.37. The van der Waals surface area contributed by atoms with E-state index in [-0.39, 0.29) is 0 Å². The van der Waals surface area contributed by atoms with Crippen LogP contribution in [0.2, 0.25) is 0 Å². The van der Waals surface area contributed by atoms with E-state index in [1.165, 1.54) is 50.8 Å². The summed E-state index contributed by atoms with van der Waals surface area (Å²) in [6, 6.07) is 32.0. The highest BCUT2D eigenvalue weighted by Gasteiger charge is 2.35. The molecule has 184 valence electrons. The lowest BCUT2D eigenvalue weighted by Crippen LogP contribution is -2.14. The Morgan fingerprint density at radius 3 is 1.92 bits per heavy atom. The molecule has 1 aliphatic carbocycles. The molecule has 38 heavy (non-hydrogen) atoms. The van der Waals surface area contributed by atoms with Crippen LogP contribution in [-0.4, -0.2) is 20.2 Å². The fraction of sp³-hybridized carbons (Fsp3) is 0.182. The number of thioether (sulfide) groups is 1. The highest BCUT2D eigenvalue weighted by Crippen LogP contribution is 2.54. The summed E-state index contributed by atoms with van der Waals surface area (Å²) in [5.41, 5.74) is 4.59. The Morgan fingerprint density at radius 2 is 1.21 bits per heavy atom. The minimum absolute atomic E-state index is 0.697. The smallest absolute Gasteiger partial charge is 0.164 e. The van der Waals surface area contributed by atoms with Gasteiger partial charge in [0.2, 0.25) is 0 Å². The number of hydrogen-bond acceptors (Lipinski definition) is 5. The van der Waals surface area contributed by atoms with Crippen molar-refractivity contribution < 1.29 is 0 Å². The summed E-state index contributed by atoms with van der Waals surface area (Å²) < 4.78 is 2.70. The summed E-state index contributed by atoms with van der Waals surface area (Å²) in [6.07, 6.45) is 5.43. The van der Waals surface area contributed by atoms with Crippen LogP contribution in [0.15, 0.2) is 95.9 Å². The van der Waals surface area contributed by atoms with E-state index in [4.69, 9.17) is 15.0 Å². The second-order valence-electron chi connectivity index (χ2n) is 10.3. The average Bonchev–Trinajstić information content (AvgIpc) is 3.53. The number of nitrogens with zero attached hydrogens (tertiary/aromatic N) is 3. The van der Waals surface area contributed by atoms with Gasteiger partial charge in [0.15, 0.2) is 17.5 Å². The lowest BCUT2D eigenvalue weighted by atomic mass is 9.83. The van der Waals surface area contributed by atoms with E-state index in [9.17, 15) is 0 Å². The van der Waals surface area contributed by atoms with Crippen molar-refractivity contribution in [2.75, 3.05) is 0 Å². The van der Waals surface area contributed by atoms with E-state index in [0.717, 1.165) is 27.9 Å². The van der Waals surface area contributed by atoms with Crippen LogP contribution in [-0.2, 0) is 0 Å². The molecule has 2 unspecified atom stereocenters. The molecule has 4 aromatic carbocycles. The molecular weight excluding hydrogens is 503 g/mol. The maximum absolute atomic E-state index is 4.96. The number of rotatable bonds is 3. The maximum atomic E-state index is 4.96. The molecule has 0 spiro atoms. The van der Waals surface area contributed by atoms with Crippen molar-refractivity contribution in [3.63, 3.8) is 0 Å². The van der Waals surface area contributed by atoms with Gasteiger partial charge in [-0.25, -0.2) is 15.0 Å². The van der Waals surface area contributed by atoms with Crippen molar-refractivity contribution in [2.45, 2.75) is 41.7 Å². The third-order valence-corrected chi connectivity index (χ3v) is 10.5. The second-order valence-corrected chi connectivity index (χ2v) is 12.6. The van der Waals surface area contributed by atoms with E-state index < -0.39 is 0 Å². The monoisotopic (exact) mass is 527 g/mol. The summed E-state index contributed by atoms with van der Waals surface area (Å²) in [6.45, 7) is 0. The number of hydrogen-bond donors (Lipinski definition) is 0. The number of thiophene rings is 1. The molecule has 3 nitrogen and oxygen atoms in total. The Morgan fingerprint density at radius 1 is 0.579 bits per heavy atom. The fourth-order valence-corrected chi connectivity index (χ4v) is 8.82. The first-order valence-electron chi connectivity index (χ1n) is 13.3. The highest BCUT2D eigenvalue weighted by molar-refractivity contribution is 8.00. The zero-order chi connectivity index (χ0) is 25.1. The molecule has 2 aliphatic rings. The van der Waals surface area contributed by atoms with E-state index >= 15 is 0 Å². The lowest BCUT2D eigenvalue weighted by molar-refractivity contribution is 0.461. The van der Waals surface area contributed by atoms with Crippen LogP contribution < -0.4 is 0 Å². The quantitative estimate of drug-likeness (QED) is 0.230. The van der Waals surface area contributed by atoms with Crippen LogP contribution in [0.4, 0.5) is 0 Å². The Labute approximate surface area is 230 Å². The molecule has 0 amide bonds. The molecular formula is C33H25N3S2. The lowest BCUT2D eigenvalue weighted by Gasteiger charge is -2.24. The standard InChI is InChI=1S/C33H25N3S2/c1-3-9-20(10-4-1)31-34-32(21-11-5-2-6-12-21)36-33(35-31)22-15-16-28-24(17-22)26-18-25-23-13-7-8-14-27(23)37-29(25)19-30(26)38-28/h1-6,9-12,15-19,23,27H,7-8,13-14H2. The molecule has 1 saturated carbocycles. The van der Waals surface area contributed by atoms with Gasteiger partial charge < -0.3 is 0 Å². The van der Waals surface area contributed by atoms with Crippen molar-refractivity contribution in [1.82, 2.24) is 15.0 Å². The van der Waals surface area contributed by atoms with Gasteiger partial charge in [-0.2, -0.15) is 0 Å². The molecule has 0 bridgehead atoms. The van der Waals surface area contributed by atoms with E-state index in [2.05, 4.69) is 66.4 Å². The summed E-state index contributed by atoms with van der Waals surface area (Å²) in [5.74, 6) is 2.82. The van der Waals surface area contributed by atoms with E-state index in [0.29, 0.717) is 17.5 Å². The predicted molar refractivity (Wildman–Crippen MR) is 160 cm³/mol. The van der Waals surface area contributed by atoms with Gasteiger partial charge in [0.1, 0.15) is 0 Å². The van der Waals surface area contributed by atoms with Crippen LogP contribution >= 0.6 is 23.1 Å². The molecule has 2 atom stereocenters. The van der Waals surface area contributed by atoms with E-state index in [1.807, 2.05) is 47.7 Å². The Hall–Kier alpha value is -3.54. The van der Waals surface area contributed by atoms with Crippen molar-refractivity contribution in [3.8, 4) is 34.2 Å². The van der Waals surface area contributed by atoms with Gasteiger partial charge in [-0.3, -0.25) is 0 Å². The molecule has 1 fully saturated rings. The van der Waals surface area contributed by atoms with Crippen molar-refractivity contribution in [2.24, 2.45) is 0 Å². The normalized spacial score (nSPS) is 18.5. The summed E-state index contributed by atoms with van der Waals surface area (Å²) in [5, 5.41) is 3.45. The van der Waals surface area contributed by atoms with Crippen molar-refractivity contribution in [1.29, 1.82) is 0 Å². The van der Waals surface area contributed by atoms with E-state index in [1.54, 1.807) is 5.56 Å². The van der Waals surface area contributed by atoms with Gasteiger partial charge in [0, 0.05) is 47.0 Å². The minimum Gasteiger partial charge on any atom is -0.208 e. The number of benzene rings is 4. The summed E-state index contributed by atoms with van der Waals surface area (Å²) >= 11 is 4.02. The Balaban J connectivity index is 1.29. The van der Waals surface area contributed by atoms with Gasteiger partial charge in [-0.05, 0) is 54.7 Å². The van der Waals surface area contributed by atoms with Gasteiger partial charge in [-0.1, -0.05) is 73.5 Å². The van der Waals surface area contributed by atoms with Crippen molar-refractivity contribution in [3.05, 3.63) is 96.6 Å². The minimum atomic E-state index is 0.697. The first-order valence-corrected chi connectivity index (χ1v) is 15.0. The number of fused-ring (bicyclic) bond motifs is 6. The van der Waals surface area contributed by atoms with Crippen LogP contribution in [0.1, 0.15) is 37.2 Å². The largest absolute Gasteiger partial charge is 0.208 e. The molecule has 3 heterocycles. The number of aromatic nitrogens is 3. The zero-order valence-electron chi connectivity index (χ0n) is 20.8. The topological polar surface area (TPSA) is 38.7 Å². The Kier molecular flexibility index (Phi) is 5.34. The first kappa shape index (κ1) is 22.4. The van der Waals surface area contributed by atoms with Crippen LogP contribution in [0.5, 0.6) is 0 Å². The van der Waals surface area contributed by atoms with Gasteiger partial charge >= 0.3 is 0 Å². The molecule has 0 saturated heterocycles. The molecule has 2 aromatic heterocycles. The SMILES string of the molecule is c1ccc(-c2nc(-c3ccccc3)nc(-c3ccc4sc5cc6c(cc5c4c3)C3CCCCC3S6)n2)cc1. The summed E-state index contributed by atoms with van der Waals surface area (Å²) in [7, 11) is 0. The molecule has 1 aliphatic heterocycles. The van der Waals surface area contributed by atoms with Gasteiger partial charge in [0.05, 0.1) is 0 Å². The molecule has 0 radical (unpaired) electrons. The molecule has 6 aromatic rings. The second kappa shape index (κ2) is 9.04. The van der Waals surface area contributed by atoms with Crippen LogP contribution in [0.3, 0.4) is 0 Å². The van der Waals surface area contributed by atoms with Crippen LogP contribution in [0, 0.1) is 0 Å². The average molecular weight is 528 g/mol. The van der Waals surface area contributed by atoms with Crippen molar-refractivity contribution >= 4 is 43.3 Å². The van der Waals surface area contributed by atoms with Gasteiger partial charge in [0.25, 0.3) is 0 Å². The molecule has 8 rings (SSSR count). The zero-order valence-corrected chi connectivity index (χ0v) is 22.4. The highest BCUT2D eigenvalue weighted by atomic mass is 32.2. The maximum Gasteiger partial charge on any atom is 0.164 e. The summed E-state index contributed by atoms with van der Waals surface area (Å²) in [4.78, 5) is 16.3. The van der Waals surface area contributed by atoms with Gasteiger partial charge in [-0.15, -0.1) is 23.1 Å². The third kappa shape index (κ3) is 3.76. The molecule has 0 N–H and O–H groups in total. The fourth-order valence-electron chi connectivity index (χ4n) is 6.05. The Bertz CT molecular complexity index is 1750. The third-order valence-electron chi connectivity index (χ3n) is 7.94. The first-order chi connectivity index (χ1) is 18.8.